The second-order valence-corrected chi connectivity index (χ2v) is 5.06. The van der Waals surface area contributed by atoms with Crippen LogP contribution >= 0.6 is 22.6 Å². The SMILES string of the molecule is CC(=O)c1c[nH]c(C(=O)Nc2ccc(I)cc2)c1. The number of rotatable bonds is 3. The van der Waals surface area contributed by atoms with Crippen molar-refractivity contribution in [2.24, 2.45) is 0 Å². The number of H-pyrrole nitrogens is 1. The number of carbonyl (C=O) groups excluding carboxylic acids is 2. The summed E-state index contributed by atoms with van der Waals surface area (Å²) in [5, 5.41) is 2.75. The van der Waals surface area contributed by atoms with Crippen molar-refractivity contribution in [3.63, 3.8) is 0 Å². The van der Waals surface area contributed by atoms with E-state index in [1.807, 2.05) is 24.3 Å². The van der Waals surface area contributed by atoms with E-state index >= 15 is 0 Å². The van der Waals surface area contributed by atoms with Crippen LogP contribution in [0.1, 0.15) is 27.8 Å². The fourth-order valence-corrected chi connectivity index (χ4v) is 1.82. The first-order chi connectivity index (χ1) is 8.56. The molecule has 2 rings (SSSR count). The minimum atomic E-state index is -0.260. The Balaban J connectivity index is 2.11. The minimum Gasteiger partial charge on any atom is -0.356 e. The Labute approximate surface area is 118 Å². The molecular weight excluding hydrogens is 343 g/mol. The number of hydrogen-bond donors (Lipinski definition) is 2. The molecule has 1 amide bonds. The van der Waals surface area contributed by atoms with Crippen LogP contribution < -0.4 is 5.32 Å². The van der Waals surface area contributed by atoms with Crippen LogP contribution in [0.5, 0.6) is 0 Å². The monoisotopic (exact) mass is 354 g/mol. The number of aromatic amines is 1. The molecular formula is C13H11IN2O2. The molecule has 18 heavy (non-hydrogen) atoms. The highest BCUT2D eigenvalue weighted by Gasteiger charge is 2.10. The van der Waals surface area contributed by atoms with Gasteiger partial charge in [-0.15, -0.1) is 0 Å². The number of Topliss-reactive ketones (excluding diaryl/α,β-unsaturated/α-hetero) is 1. The first kappa shape index (κ1) is 12.8. The molecule has 1 heterocycles. The van der Waals surface area contributed by atoms with Gasteiger partial charge in [0.1, 0.15) is 5.69 Å². The molecule has 0 atom stereocenters. The Hall–Kier alpha value is -1.63. The van der Waals surface area contributed by atoms with Gasteiger partial charge in [0.05, 0.1) is 0 Å². The van der Waals surface area contributed by atoms with Crippen LogP contribution in [-0.4, -0.2) is 16.7 Å². The molecule has 2 N–H and O–H groups in total. The average molecular weight is 354 g/mol. The van der Waals surface area contributed by atoms with E-state index in [-0.39, 0.29) is 11.7 Å². The second-order valence-electron chi connectivity index (χ2n) is 3.82. The fraction of sp³-hybridized carbons (Fsp3) is 0.0769. The molecule has 0 aliphatic rings. The van der Waals surface area contributed by atoms with Gasteiger partial charge in [-0.2, -0.15) is 0 Å². The highest BCUT2D eigenvalue weighted by atomic mass is 127. The van der Waals surface area contributed by atoms with Gasteiger partial charge in [0.15, 0.2) is 5.78 Å². The summed E-state index contributed by atoms with van der Waals surface area (Å²) in [4.78, 5) is 25.8. The smallest absolute Gasteiger partial charge is 0.272 e. The number of hydrogen-bond acceptors (Lipinski definition) is 2. The molecule has 1 aromatic heterocycles. The summed E-state index contributed by atoms with van der Waals surface area (Å²) in [7, 11) is 0. The molecule has 0 bridgehead atoms. The number of anilines is 1. The van der Waals surface area contributed by atoms with E-state index in [9.17, 15) is 9.59 Å². The summed E-state index contributed by atoms with van der Waals surface area (Å²) in [6, 6.07) is 9.02. The van der Waals surface area contributed by atoms with Gasteiger partial charge in [-0.1, -0.05) is 0 Å². The number of halogens is 1. The number of nitrogens with one attached hydrogen (secondary N) is 2. The zero-order valence-corrected chi connectivity index (χ0v) is 11.8. The maximum absolute atomic E-state index is 11.9. The molecule has 0 aliphatic carbocycles. The predicted molar refractivity (Wildman–Crippen MR) is 77.9 cm³/mol. The van der Waals surface area contributed by atoms with Crippen LogP contribution in [0.4, 0.5) is 5.69 Å². The Morgan fingerprint density at radius 1 is 1.22 bits per heavy atom. The van der Waals surface area contributed by atoms with E-state index in [1.54, 1.807) is 6.07 Å². The minimum absolute atomic E-state index is 0.0698. The summed E-state index contributed by atoms with van der Waals surface area (Å²) in [6.07, 6.45) is 1.53. The largest absolute Gasteiger partial charge is 0.356 e. The van der Waals surface area contributed by atoms with Crippen molar-refractivity contribution >= 4 is 40.0 Å². The normalized spacial score (nSPS) is 10.1. The number of amides is 1. The first-order valence-electron chi connectivity index (χ1n) is 5.32. The first-order valence-corrected chi connectivity index (χ1v) is 6.40. The highest BCUT2D eigenvalue weighted by molar-refractivity contribution is 14.1. The third-order valence-electron chi connectivity index (χ3n) is 2.44. The number of benzene rings is 1. The molecule has 1 aromatic carbocycles. The Bertz CT molecular complexity index is 587. The lowest BCUT2D eigenvalue weighted by Crippen LogP contribution is -2.12. The lowest BCUT2D eigenvalue weighted by atomic mass is 10.2. The maximum Gasteiger partial charge on any atom is 0.272 e. The van der Waals surface area contributed by atoms with E-state index in [0.29, 0.717) is 11.3 Å². The third kappa shape index (κ3) is 2.98. The lowest BCUT2D eigenvalue weighted by Gasteiger charge is -2.03. The summed E-state index contributed by atoms with van der Waals surface area (Å²) in [6.45, 7) is 1.46. The van der Waals surface area contributed by atoms with Crippen LogP contribution in [-0.2, 0) is 0 Å². The highest BCUT2D eigenvalue weighted by Crippen LogP contribution is 2.13. The van der Waals surface area contributed by atoms with Gasteiger partial charge in [-0.3, -0.25) is 9.59 Å². The Morgan fingerprint density at radius 3 is 2.44 bits per heavy atom. The molecule has 0 aliphatic heterocycles. The van der Waals surface area contributed by atoms with Gasteiger partial charge >= 0.3 is 0 Å². The van der Waals surface area contributed by atoms with Crippen molar-refractivity contribution < 1.29 is 9.59 Å². The molecule has 92 valence electrons. The molecule has 0 unspecified atom stereocenters. The van der Waals surface area contributed by atoms with Gasteiger partial charge in [-0.25, -0.2) is 0 Å². The van der Waals surface area contributed by atoms with Crippen LogP contribution in [0.25, 0.3) is 0 Å². The zero-order valence-electron chi connectivity index (χ0n) is 9.66. The van der Waals surface area contributed by atoms with Gasteiger partial charge in [0.25, 0.3) is 5.91 Å². The molecule has 2 aromatic rings. The van der Waals surface area contributed by atoms with Crippen molar-refractivity contribution in [1.29, 1.82) is 0 Å². The number of ketones is 1. The molecule has 0 saturated heterocycles. The van der Waals surface area contributed by atoms with Crippen molar-refractivity contribution in [2.75, 3.05) is 5.32 Å². The van der Waals surface area contributed by atoms with Gasteiger partial charge in [-0.05, 0) is 59.8 Å². The number of aromatic nitrogens is 1. The maximum atomic E-state index is 11.9. The molecule has 5 heteroatoms. The van der Waals surface area contributed by atoms with Crippen molar-refractivity contribution in [1.82, 2.24) is 4.98 Å². The molecule has 0 fully saturated rings. The summed E-state index contributed by atoms with van der Waals surface area (Å²) in [5.41, 5.74) is 1.60. The van der Waals surface area contributed by atoms with Crippen molar-refractivity contribution in [3.05, 3.63) is 51.4 Å². The Morgan fingerprint density at radius 2 is 1.89 bits per heavy atom. The summed E-state index contributed by atoms with van der Waals surface area (Å²) >= 11 is 2.20. The Kier molecular flexibility index (Phi) is 3.81. The molecule has 0 saturated carbocycles. The quantitative estimate of drug-likeness (QED) is 0.657. The van der Waals surface area contributed by atoms with Crippen molar-refractivity contribution in [2.45, 2.75) is 6.92 Å². The van der Waals surface area contributed by atoms with E-state index < -0.39 is 0 Å². The van der Waals surface area contributed by atoms with E-state index in [2.05, 4.69) is 32.9 Å². The zero-order chi connectivity index (χ0) is 13.1. The van der Waals surface area contributed by atoms with Gasteiger partial charge in [0.2, 0.25) is 0 Å². The average Bonchev–Trinajstić information content (AvgIpc) is 2.81. The van der Waals surface area contributed by atoms with Crippen LogP contribution in [0.2, 0.25) is 0 Å². The van der Waals surface area contributed by atoms with Gasteiger partial charge in [0, 0.05) is 21.0 Å². The molecule has 0 spiro atoms. The third-order valence-corrected chi connectivity index (χ3v) is 3.16. The second kappa shape index (κ2) is 5.34. The van der Waals surface area contributed by atoms with E-state index in [4.69, 9.17) is 0 Å². The fourth-order valence-electron chi connectivity index (χ4n) is 1.46. The molecule has 0 radical (unpaired) electrons. The van der Waals surface area contributed by atoms with Crippen LogP contribution in [0.3, 0.4) is 0 Å². The number of carbonyl (C=O) groups is 2. The summed E-state index contributed by atoms with van der Waals surface area (Å²) < 4.78 is 1.10. The standard InChI is InChI=1S/C13H11IN2O2/c1-8(17)9-6-12(15-7-9)13(18)16-11-4-2-10(14)3-5-11/h2-7,15H,1H3,(H,16,18). The topological polar surface area (TPSA) is 62.0 Å². The molecule has 4 nitrogen and oxygen atoms in total. The lowest BCUT2D eigenvalue weighted by molar-refractivity contribution is 0.101. The van der Waals surface area contributed by atoms with Crippen LogP contribution in [0, 0.1) is 3.57 Å². The van der Waals surface area contributed by atoms with Gasteiger partial charge < -0.3 is 10.3 Å². The summed E-state index contributed by atoms with van der Waals surface area (Å²) in [5.74, 6) is -0.330. The van der Waals surface area contributed by atoms with E-state index in [0.717, 1.165) is 9.26 Å². The van der Waals surface area contributed by atoms with Crippen molar-refractivity contribution in [3.8, 4) is 0 Å². The van der Waals surface area contributed by atoms with Crippen LogP contribution in [0.15, 0.2) is 36.5 Å². The van der Waals surface area contributed by atoms with E-state index in [1.165, 1.54) is 13.1 Å². The predicted octanol–water partition coefficient (Wildman–Crippen LogP) is 3.07.